The molecule has 2 aromatic carbocycles. The molecule has 0 radical (unpaired) electrons. The van der Waals surface area contributed by atoms with Gasteiger partial charge in [-0.05, 0) is 67.3 Å². The van der Waals surface area contributed by atoms with Crippen LogP contribution in [0.3, 0.4) is 0 Å². The highest BCUT2D eigenvalue weighted by Gasteiger charge is 2.67. The maximum absolute atomic E-state index is 13.6. The molecule has 0 unspecified atom stereocenters. The van der Waals surface area contributed by atoms with Crippen molar-refractivity contribution in [2.45, 2.75) is 13.3 Å². The van der Waals surface area contributed by atoms with Crippen LogP contribution < -0.4 is 9.64 Å². The Balaban J connectivity index is 1.34. The number of benzene rings is 2. The van der Waals surface area contributed by atoms with Crippen LogP contribution in [0.15, 0.2) is 60.7 Å². The molecule has 0 spiro atoms. The fourth-order valence-electron chi connectivity index (χ4n) is 6.20. The summed E-state index contributed by atoms with van der Waals surface area (Å²) in [6.45, 7) is 1.89. The molecule has 168 valence electrons. The Morgan fingerprint density at radius 3 is 2.24 bits per heavy atom. The number of allylic oxidation sites excluding steroid dienone is 2. The molecule has 0 N–H and O–H groups in total. The van der Waals surface area contributed by atoms with Gasteiger partial charge < -0.3 is 4.74 Å². The van der Waals surface area contributed by atoms with E-state index in [0.29, 0.717) is 28.8 Å². The van der Waals surface area contributed by atoms with Gasteiger partial charge >= 0.3 is 0 Å². The van der Waals surface area contributed by atoms with Crippen molar-refractivity contribution in [2.24, 2.45) is 35.5 Å². The van der Waals surface area contributed by atoms with Crippen molar-refractivity contribution < 1.29 is 19.1 Å². The van der Waals surface area contributed by atoms with Crippen molar-refractivity contribution in [3.63, 3.8) is 0 Å². The number of rotatable bonds is 5. The molecule has 6 nitrogen and oxygen atoms in total. The quantitative estimate of drug-likeness (QED) is 0.524. The Hall–Kier alpha value is -3.41. The summed E-state index contributed by atoms with van der Waals surface area (Å²) in [5, 5.41) is 0. The topological polar surface area (TPSA) is 66.9 Å². The van der Waals surface area contributed by atoms with E-state index in [4.69, 9.17) is 4.74 Å². The van der Waals surface area contributed by atoms with Gasteiger partial charge in [-0.2, -0.15) is 0 Å². The molecule has 1 heterocycles. The average molecular weight is 443 g/mol. The smallest absolute Gasteiger partial charge is 0.259 e. The summed E-state index contributed by atoms with van der Waals surface area (Å²) in [5.41, 5.74) is 2.15. The van der Waals surface area contributed by atoms with Gasteiger partial charge in [0.2, 0.25) is 11.8 Å². The first-order valence-corrected chi connectivity index (χ1v) is 11.5. The fraction of sp³-hybridized carbons (Fsp3) is 0.370. The fourth-order valence-corrected chi connectivity index (χ4v) is 6.20. The average Bonchev–Trinajstić information content (AvgIpc) is 3.63. The molecule has 1 saturated heterocycles. The number of imide groups is 1. The summed E-state index contributed by atoms with van der Waals surface area (Å²) in [6, 6.07) is 14.5. The van der Waals surface area contributed by atoms with Crippen molar-refractivity contribution in [1.82, 2.24) is 4.90 Å². The highest BCUT2D eigenvalue weighted by atomic mass is 16.5. The second-order valence-corrected chi connectivity index (χ2v) is 9.70. The standard InChI is InChI=1S/C27H26N2O4/c1-15-6-8-17(9-7-15)28(25(30)16-4-3-5-18(12-16)33-2)14-29-26(31)23-19-10-11-20(22-13-21(19)22)24(23)27(29)32/h3-12,19-24H,13-14H2,1-2H3/t19-,20-,21-,22+,23-,24-/m1/s1. The van der Waals surface area contributed by atoms with Gasteiger partial charge in [0.15, 0.2) is 0 Å². The predicted molar refractivity (Wildman–Crippen MR) is 122 cm³/mol. The molecule has 2 aromatic rings. The third kappa shape index (κ3) is 3.04. The molecule has 33 heavy (non-hydrogen) atoms. The number of carbonyl (C=O) groups is 3. The van der Waals surface area contributed by atoms with Crippen molar-refractivity contribution in [2.75, 3.05) is 18.7 Å². The van der Waals surface area contributed by atoms with Crippen LogP contribution in [-0.2, 0) is 9.59 Å². The Bertz CT molecular complexity index is 1150. The molecular formula is C27H26N2O4. The lowest BCUT2D eigenvalue weighted by Crippen LogP contribution is -2.45. The summed E-state index contributed by atoms with van der Waals surface area (Å²) in [4.78, 5) is 43.5. The van der Waals surface area contributed by atoms with E-state index < -0.39 is 0 Å². The SMILES string of the molecule is COc1cccc(C(=O)N(CN2C(=O)[C@@H]3[C@@H]4C=C[C@H]([C@@H]5C[C@H]45)[C@H]3C2=O)c2ccc(C)cc2)c1. The molecule has 2 bridgehead atoms. The summed E-state index contributed by atoms with van der Waals surface area (Å²) < 4.78 is 5.29. The zero-order valence-electron chi connectivity index (χ0n) is 18.7. The molecule has 1 aliphatic heterocycles. The normalized spacial score (nSPS) is 30.8. The van der Waals surface area contributed by atoms with Gasteiger partial charge in [0.25, 0.3) is 5.91 Å². The molecule has 2 saturated carbocycles. The van der Waals surface area contributed by atoms with E-state index in [1.165, 1.54) is 9.80 Å². The maximum Gasteiger partial charge on any atom is 0.259 e. The molecule has 3 fully saturated rings. The minimum Gasteiger partial charge on any atom is -0.497 e. The number of aryl methyl sites for hydroxylation is 1. The van der Waals surface area contributed by atoms with E-state index in [0.717, 1.165) is 12.0 Å². The predicted octanol–water partition coefficient (Wildman–Crippen LogP) is 3.66. The zero-order chi connectivity index (χ0) is 22.9. The number of methoxy groups -OCH3 is 1. The van der Waals surface area contributed by atoms with Crippen molar-refractivity contribution >= 4 is 23.4 Å². The molecule has 7 rings (SSSR count). The van der Waals surface area contributed by atoms with Crippen LogP contribution >= 0.6 is 0 Å². The van der Waals surface area contributed by atoms with Crippen LogP contribution in [0.4, 0.5) is 5.69 Å². The van der Waals surface area contributed by atoms with E-state index in [9.17, 15) is 14.4 Å². The van der Waals surface area contributed by atoms with Gasteiger partial charge in [0.1, 0.15) is 12.4 Å². The van der Waals surface area contributed by atoms with Gasteiger partial charge in [-0.25, -0.2) is 0 Å². The van der Waals surface area contributed by atoms with Gasteiger partial charge in [-0.3, -0.25) is 24.2 Å². The zero-order valence-corrected chi connectivity index (χ0v) is 18.7. The number of ether oxygens (including phenoxy) is 1. The van der Waals surface area contributed by atoms with Crippen molar-refractivity contribution in [3.8, 4) is 5.75 Å². The lowest BCUT2D eigenvalue weighted by Gasteiger charge is -2.37. The number of carbonyl (C=O) groups excluding carboxylic acids is 3. The van der Waals surface area contributed by atoms with E-state index in [1.54, 1.807) is 31.4 Å². The number of likely N-dealkylation sites (tertiary alicyclic amines) is 1. The van der Waals surface area contributed by atoms with Crippen LogP contribution in [0.25, 0.3) is 0 Å². The number of hydrogen-bond acceptors (Lipinski definition) is 4. The van der Waals surface area contributed by atoms with Crippen LogP contribution in [0.1, 0.15) is 22.3 Å². The van der Waals surface area contributed by atoms with Gasteiger partial charge in [-0.1, -0.05) is 35.9 Å². The second-order valence-electron chi connectivity index (χ2n) is 9.70. The van der Waals surface area contributed by atoms with Crippen LogP contribution in [0.2, 0.25) is 0 Å². The van der Waals surface area contributed by atoms with Crippen molar-refractivity contribution in [1.29, 1.82) is 0 Å². The first-order valence-electron chi connectivity index (χ1n) is 11.5. The highest BCUT2D eigenvalue weighted by molar-refractivity contribution is 6.10. The molecular weight excluding hydrogens is 416 g/mol. The van der Waals surface area contributed by atoms with E-state index >= 15 is 0 Å². The monoisotopic (exact) mass is 442 g/mol. The number of nitrogens with zero attached hydrogens (tertiary/aromatic N) is 2. The summed E-state index contributed by atoms with van der Waals surface area (Å²) >= 11 is 0. The number of hydrogen-bond donors (Lipinski definition) is 0. The van der Waals surface area contributed by atoms with Crippen LogP contribution in [-0.4, -0.2) is 36.4 Å². The minimum absolute atomic E-state index is 0.0848. The summed E-state index contributed by atoms with van der Waals surface area (Å²) in [6.07, 6.45) is 5.45. The lowest BCUT2D eigenvalue weighted by molar-refractivity contribution is -0.140. The Morgan fingerprint density at radius 1 is 1.00 bits per heavy atom. The second kappa shape index (κ2) is 7.30. The Kier molecular flexibility index (Phi) is 4.47. The molecule has 5 aliphatic rings. The summed E-state index contributed by atoms with van der Waals surface area (Å²) in [5.74, 6) is 0.889. The molecule has 6 atom stereocenters. The molecule has 3 amide bonds. The Morgan fingerprint density at radius 2 is 1.64 bits per heavy atom. The number of anilines is 1. The number of amides is 3. The lowest BCUT2D eigenvalue weighted by atomic mass is 9.63. The highest BCUT2D eigenvalue weighted by Crippen LogP contribution is 2.65. The first kappa shape index (κ1) is 20.2. The minimum atomic E-state index is -0.280. The largest absolute Gasteiger partial charge is 0.497 e. The van der Waals surface area contributed by atoms with Crippen LogP contribution in [0, 0.1) is 42.4 Å². The van der Waals surface area contributed by atoms with E-state index in [-0.39, 0.29) is 48.1 Å². The van der Waals surface area contributed by atoms with Gasteiger partial charge in [0, 0.05) is 11.3 Å². The molecule has 0 aromatic heterocycles. The third-order valence-corrected chi connectivity index (χ3v) is 7.94. The third-order valence-electron chi connectivity index (χ3n) is 7.94. The van der Waals surface area contributed by atoms with E-state index in [2.05, 4.69) is 12.2 Å². The molecule has 4 aliphatic carbocycles. The summed E-state index contributed by atoms with van der Waals surface area (Å²) in [7, 11) is 1.55. The van der Waals surface area contributed by atoms with Gasteiger partial charge in [-0.15, -0.1) is 0 Å². The maximum atomic E-state index is 13.6. The first-order chi connectivity index (χ1) is 16.0. The van der Waals surface area contributed by atoms with Crippen LogP contribution in [0.5, 0.6) is 5.75 Å². The van der Waals surface area contributed by atoms with E-state index in [1.807, 2.05) is 31.2 Å². The van der Waals surface area contributed by atoms with Crippen molar-refractivity contribution in [3.05, 3.63) is 71.8 Å². The molecule has 6 heteroatoms. The van der Waals surface area contributed by atoms with Gasteiger partial charge in [0.05, 0.1) is 18.9 Å². The Labute approximate surface area is 192 Å².